The molecule has 1 saturated heterocycles. The summed E-state index contributed by atoms with van der Waals surface area (Å²) in [5.74, 6) is 0. The van der Waals surface area contributed by atoms with Crippen LogP contribution in [0, 0.1) is 10.1 Å². The summed E-state index contributed by atoms with van der Waals surface area (Å²) < 4.78 is 31.9. The van der Waals surface area contributed by atoms with Gasteiger partial charge in [-0.1, -0.05) is 12.1 Å². The Bertz CT molecular complexity index is 1030. The summed E-state index contributed by atoms with van der Waals surface area (Å²) >= 11 is 0. The van der Waals surface area contributed by atoms with Gasteiger partial charge in [-0.3, -0.25) is 15.5 Å². The lowest BCUT2D eigenvalue weighted by molar-refractivity contribution is -0.384. The Hall–Kier alpha value is -3.02. The minimum atomic E-state index is -3.83. The molecule has 3 rings (SSSR count). The van der Waals surface area contributed by atoms with Gasteiger partial charge in [-0.2, -0.15) is 9.41 Å². The molecule has 1 N–H and O–H groups in total. The van der Waals surface area contributed by atoms with Gasteiger partial charge in [-0.15, -0.1) is 0 Å². The fourth-order valence-corrected chi connectivity index (χ4v) is 4.32. The third-order valence-corrected chi connectivity index (χ3v) is 6.48. The molecule has 1 aliphatic heterocycles. The molecule has 1 heterocycles. The van der Waals surface area contributed by atoms with Crippen LogP contribution in [0.5, 0.6) is 0 Å². The van der Waals surface area contributed by atoms with E-state index in [1.54, 1.807) is 0 Å². The summed E-state index contributed by atoms with van der Waals surface area (Å²) in [7, 11) is 0.0436. The van der Waals surface area contributed by atoms with Crippen LogP contribution in [-0.4, -0.2) is 64.3 Å². The van der Waals surface area contributed by atoms with Gasteiger partial charge in [0.25, 0.3) is 5.69 Å². The molecule has 2 aromatic rings. The van der Waals surface area contributed by atoms with Gasteiger partial charge in [0, 0.05) is 38.9 Å². The SMILES string of the molecule is CN(C)c1ccc(/C=N/Nc2ccc(S(=O)(=O)N3CCOCC3)cc2[N+](=O)[O-])cc1. The van der Waals surface area contributed by atoms with Crippen molar-refractivity contribution in [3.05, 3.63) is 58.1 Å². The first-order valence-corrected chi connectivity index (χ1v) is 10.7. The van der Waals surface area contributed by atoms with E-state index in [9.17, 15) is 18.5 Å². The number of hydrogen-bond donors (Lipinski definition) is 1. The summed E-state index contributed by atoms with van der Waals surface area (Å²) in [5.41, 5.74) is 4.20. The number of rotatable bonds is 7. The van der Waals surface area contributed by atoms with Gasteiger partial charge in [0.05, 0.1) is 29.2 Å². The molecule has 11 heteroatoms. The molecule has 0 spiro atoms. The average molecular weight is 433 g/mol. The molecule has 0 bridgehead atoms. The second-order valence-corrected chi connectivity index (χ2v) is 8.75. The van der Waals surface area contributed by atoms with E-state index in [2.05, 4.69) is 10.5 Å². The van der Waals surface area contributed by atoms with Crippen LogP contribution in [0.2, 0.25) is 0 Å². The van der Waals surface area contributed by atoms with Crippen LogP contribution in [0.3, 0.4) is 0 Å². The number of morpholine rings is 1. The Kier molecular flexibility index (Phi) is 6.65. The van der Waals surface area contributed by atoms with Crippen LogP contribution in [0.1, 0.15) is 5.56 Å². The largest absolute Gasteiger partial charge is 0.379 e. The Morgan fingerprint density at radius 1 is 1.17 bits per heavy atom. The first-order valence-electron chi connectivity index (χ1n) is 9.22. The van der Waals surface area contributed by atoms with E-state index in [4.69, 9.17) is 4.74 Å². The fourth-order valence-electron chi connectivity index (χ4n) is 2.89. The number of sulfonamides is 1. The fraction of sp³-hybridized carbons (Fsp3) is 0.316. The molecule has 0 amide bonds. The molecule has 1 aliphatic rings. The van der Waals surface area contributed by atoms with Crippen LogP contribution >= 0.6 is 0 Å². The van der Waals surface area contributed by atoms with Crippen LogP contribution < -0.4 is 10.3 Å². The molecule has 0 unspecified atom stereocenters. The van der Waals surface area contributed by atoms with Crippen molar-refractivity contribution in [3.8, 4) is 0 Å². The average Bonchev–Trinajstić information content (AvgIpc) is 2.74. The Labute approximate surface area is 174 Å². The van der Waals surface area contributed by atoms with Gasteiger partial charge >= 0.3 is 0 Å². The van der Waals surface area contributed by atoms with E-state index in [0.717, 1.165) is 17.3 Å². The summed E-state index contributed by atoms with van der Waals surface area (Å²) in [6, 6.07) is 11.3. The van der Waals surface area contributed by atoms with Crippen molar-refractivity contribution in [2.75, 3.05) is 50.7 Å². The monoisotopic (exact) mass is 433 g/mol. The number of nitrogens with one attached hydrogen (secondary N) is 1. The van der Waals surface area contributed by atoms with Crippen LogP contribution in [0.4, 0.5) is 17.1 Å². The van der Waals surface area contributed by atoms with Gasteiger partial charge in [-0.05, 0) is 29.8 Å². The summed E-state index contributed by atoms with van der Waals surface area (Å²) in [5, 5.41) is 15.5. The van der Waals surface area contributed by atoms with Crippen molar-refractivity contribution in [2.24, 2.45) is 5.10 Å². The van der Waals surface area contributed by atoms with Crippen molar-refractivity contribution in [1.29, 1.82) is 0 Å². The van der Waals surface area contributed by atoms with Crippen molar-refractivity contribution in [1.82, 2.24) is 4.31 Å². The van der Waals surface area contributed by atoms with Crippen molar-refractivity contribution < 1.29 is 18.1 Å². The quantitative estimate of drug-likeness (QED) is 0.404. The third kappa shape index (κ3) is 4.93. The molecular weight excluding hydrogens is 410 g/mol. The summed E-state index contributed by atoms with van der Waals surface area (Å²) in [6.07, 6.45) is 1.53. The normalized spacial score (nSPS) is 15.3. The lowest BCUT2D eigenvalue weighted by Crippen LogP contribution is -2.40. The standard InChI is InChI=1S/C19H23N5O5S/c1-22(2)16-5-3-15(4-6-16)14-20-21-18-8-7-17(13-19(18)24(25)26)30(27,28)23-9-11-29-12-10-23/h3-8,13-14,21H,9-12H2,1-2H3/b20-14+. The molecule has 0 aliphatic carbocycles. The smallest absolute Gasteiger partial charge is 0.295 e. The second kappa shape index (κ2) is 9.20. The predicted octanol–water partition coefficient (Wildman–Crippen LogP) is 2.13. The van der Waals surface area contributed by atoms with E-state index < -0.39 is 14.9 Å². The first-order chi connectivity index (χ1) is 14.3. The number of nitro groups is 1. The molecule has 0 radical (unpaired) electrons. The Balaban J connectivity index is 1.79. The number of anilines is 2. The van der Waals surface area contributed by atoms with E-state index >= 15 is 0 Å². The van der Waals surface area contributed by atoms with Gasteiger partial charge in [-0.25, -0.2) is 8.42 Å². The number of hydrogen-bond acceptors (Lipinski definition) is 8. The highest BCUT2D eigenvalue weighted by atomic mass is 32.2. The van der Waals surface area contributed by atoms with Gasteiger partial charge < -0.3 is 9.64 Å². The Morgan fingerprint density at radius 3 is 2.43 bits per heavy atom. The van der Waals surface area contributed by atoms with Crippen LogP contribution in [-0.2, 0) is 14.8 Å². The van der Waals surface area contributed by atoms with Gasteiger partial charge in [0.1, 0.15) is 5.69 Å². The second-order valence-electron chi connectivity index (χ2n) is 6.81. The van der Waals surface area contributed by atoms with E-state index in [1.165, 1.54) is 22.7 Å². The number of nitro benzene ring substituents is 1. The molecule has 2 aromatic carbocycles. The lowest BCUT2D eigenvalue weighted by Gasteiger charge is -2.26. The summed E-state index contributed by atoms with van der Waals surface area (Å²) in [6.45, 7) is 1.02. The van der Waals surface area contributed by atoms with Crippen molar-refractivity contribution in [2.45, 2.75) is 4.90 Å². The highest BCUT2D eigenvalue weighted by molar-refractivity contribution is 7.89. The maximum Gasteiger partial charge on any atom is 0.295 e. The third-order valence-electron chi connectivity index (χ3n) is 4.58. The number of nitrogens with zero attached hydrogens (tertiary/aromatic N) is 4. The Morgan fingerprint density at radius 2 is 1.83 bits per heavy atom. The van der Waals surface area contributed by atoms with Crippen LogP contribution in [0.15, 0.2) is 52.5 Å². The van der Waals surface area contributed by atoms with Gasteiger partial charge in [0.2, 0.25) is 10.0 Å². The number of hydrazone groups is 1. The lowest BCUT2D eigenvalue weighted by atomic mass is 10.2. The zero-order valence-electron chi connectivity index (χ0n) is 16.7. The van der Waals surface area contributed by atoms with E-state index in [0.29, 0.717) is 13.2 Å². The van der Waals surface area contributed by atoms with Crippen LogP contribution in [0.25, 0.3) is 0 Å². The maximum atomic E-state index is 12.7. The number of benzene rings is 2. The molecule has 0 aromatic heterocycles. The molecule has 30 heavy (non-hydrogen) atoms. The van der Waals surface area contributed by atoms with Gasteiger partial charge in [0.15, 0.2) is 0 Å². The molecular formula is C19H23N5O5S. The van der Waals surface area contributed by atoms with E-state index in [-0.39, 0.29) is 29.4 Å². The molecule has 10 nitrogen and oxygen atoms in total. The zero-order chi connectivity index (χ0) is 21.7. The molecule has 0 saturated carbocycles. The zero-order valence-corrected chi connectivity index (χ0v) is 17.5. The van der Waals surface area contributed by atoms with Crippen molar-refractivity contribution in [3.63, 3.8) is 0 Å². The highest BCUT2D eigenvalue weighted by Gasteiger charge is 2.28. The first kappa shape index (κ1) is 21.7. The summed E-state index contributed by atoms with van der Waals surface area (Å²) in [4.78, 5) is 12.7. The maximum absolute atomic E-state index is 12.7. The minimum Gasteiger partial charge on any atom is -0.379 e. The van der Waals surface area contributed by atoms with E-state index in [1.807, 2.05) is 43.3 Å². The number of ether oxygens (including phenoxy) is 1. The molecule has 0 atom stereocenters. The minimum absolute atomic E-state index is 0.0992. The molecule has 1 fully saturated rings. The topological polar surface area (TPSA) is 117 Å². The van der Waals surface area contributed by atoms with Crippen molar-refractivity contribution >= 4 is 33.3 Å². The predicted molar refractivity (Wildman–Crippen MR) is 115 cm³/mol. The highest BCUT2D eigenvalue weighted by Crippen LogP contribution is 2.29. The molecule has 160 valence electrons.